The van der Waals surface area contributed by atoms with Crippen molar-refractivity contribution in [2.75, 3.05) is 26.8 Å². The Balaban J connectivity index is 1.77. The Morgan fingerprint density at radius 1 is 1.00 bits per heavy atom. The molecule has 7 nitrogen and oxygen atoms in total. The minimum Gasteiger partial charge on any atom is -0.494 e. The predicted molar refractivity (Wildman–Crippen MR) is 102 cm³/mol. The highest BCUT2D eigenvalue weighted by atomic mass is 32.1. The monoisotopic (exact) mass is 373 g/mol. The van der Waals surface area contributed by atoms with E-state index in [1.54, 1.807) is 32.4 Å². The Morgan fingerprint density at radius 2 is 1.69 bits per heavy atom. The molecule has 1 aromatic heterocycles. The van der Waals surface area contributed by atoms with E-state index in [0.717, 1.165) is 15.8 Å². The van der Waals surface area contributed by atoms with E-state index in [4.69, 9.17) is 14.2 Å². The third-order valence-corrected chi connectivity index (χ3v) is 4.96. The number of nitrogens with zero attached hydrogens (tertiary/aromatic N) is 1. The summed E-state index contributed by atoms with van der Waals surface area (Å²) in [6, 6.07) is 8.81. The van der Waals surface area contributed by atoms with E-state index >= 15 is 0 Å². The largest absolute Gasteiger partial charge is 0.494 e. The first kappa shape index (κ1) is 17.8. The summed E-state index contributed by atoms with van der Waals surface area (Å²) in [6.07, 6.45) is 0. The van der Waals surface area contributed by atoms with E-state index in [1.165, 1.54) is 18.4 Å². The SMILES string of the molecule is COc1ccc(C(=O)NNc2nc3c(OC)ccc(C)c3s2)cc1OC. The van der Waals surface area contributed by atoms with Crippen molar-refractivity contribution in [1.82, 2.24) is 10.4 Å². The van der Waals surface area contributed by atoms with E-state index < -0.39 is 0 Å². The van der Waals surface area contributed by atoms with Crippen LogP contribution in [0, 0.1) is 6.92 Å². The van der Waals surface area contributed by atoms with Gasteiger partial charge in [-0.15, -0.1) is 0 Å². The molecule has 0 saturated carbocycles. The number of amides is 1. The van der Waals surface area contributed by atoms with Crippen LogP contribution in [0.1, 0.15) is 15.9 Å². The third kappa shape index (κ3) is 3.36. The van der Waals surface area contributed by atoms with Gasteiger partial charge in [0.15, 0.2) is 11.5 Å². The van der Waals surface area contributed by atoms with Crippen LogP contribution >= 0.6 is 11.3 Å². The van der Waals surface area contributed by atoms with Crippen LogP contribution in [0.2, 0.25) is 0 Å². The minimum absolute atomic E-state index is 0.311. The first-order valence-corrected chi connectivity index (χ1v) is 8.61. The van der Waals surface area contributed by atoms with Crippen molar-refractivity contribution in [3.05, 3.63) is 41.5 Å². The second-order valence-corrected chi connectivity index (χ2v) is 6.43. The van der Waals surface area contributed by atoms with Gasteiger partial charge in [0.25, 0.3) is 5.91 Å². The minimum atomic E-state index is -0.311. The lowest BCUT2D eigenvalue weighted by atomic mass is 10.2. The number of anilines is 1. The third-order valence-electron chi connectivity index (χ3n) is 3.85. The van der Waals surface area contributed by atoms with Crippen molar-refractivity contribution in [2.24, 2.45) is 0 Å². The van der Waals surface area contributed by atoms with Crippen LogP contribution in [-0.2, 0) is 0 Å². The molecule has 0 spiro atoms. The van der Waals surface area contributed by atoms with E-state index in [9.17, 15) is 4.79 Å². The molecule has 0 atom stereocenters. The lowest BCUT2D eigenvalue weighted by molar-refractivity contribution is 0.0962. The molecular formula is C18H19N3O4S. The fourth-order valence-electron chi connectivity index (χ4n) is 2.49. The molecule has 8 heteroatoms. The molecule has 1 amide bonds. The lowest BCUT2D eigenvalue weighted by Gasteiger charge is -2.10. The van der Waals surface area contributed by atoms with Gasteiger partial charge in [-0.25, -0.2) is 4.98 Å². The average Bonchev–Trinajstić information content (AvgIpc) is 3.11. The van der Waals surface area contributed by atoms with Crippen LogP contribution in [0.25, 0.3) is 10.2 Å². The zero-order chi connectivity index (χ0) is 18.7. The number of hydrogen-bond donors (Lipinski definition) is 2. The first-order chi connectivity index (χ1) is 12.6. The standard InChI is InChI=1S/C18H19N3O4S/c1-10-5-7-13(24-3)15-16(10)26-18(19-15)21-20-17(22)11-6-8-12(23-2)14(9-11)25-4/h5-9H,1-4H3,(H,19,21)(H,20,22). The zero-order valence-electron chi connectivity index (χ0n) is 14.9. The molecule has 0 bridgehead atoms. The zero-order valence-corrected chi connectivity index (χ0v) is 15.7. The second kappa shape index (κ2) is 7.49. The van der Waals surface area contributed by atoms with E-state index in [2.05, 4.69) is 15.8 Å². The number of carbonyl (C=O) groups is 1. The van der Waals surface area contributed by atoms with E-state index in [1.807, 2.05) is 19.1 Å². The van der Waals surface area contributed by atoms with Gasteiger partial charge in [-0.2, -0.15) is 0 Å². The molecule has 1 heterocycles. The van der Waals surface area contributed by atoms with Crippen molar-refractivity contribution in [3.63, 3.8) is 0 Å². The summed E-state index contributed by atoms with van der Waals surface area (Å²) >= 11 is 1.44. The smallest absolute Gasteiger partial charge is 0.269 e. The molecule has 2 aromatic carbocycles. The molecule has 0 aliphatic heterocycles. The average molecular weight is 373 g/mol. The number of aryl methyl sites for hydroxylation is 1. The topological polar surface area (TPSA) is 81.7 Å². The summed E-state index contributed by atoms with van der Waals surface area (Å²) in [4.78, 5) is 16.9. The Hall–Kier alpha value is -3.00. The van der Waals surface area contributed by atoms with Crippen molar-refractivity contribution < 1.29 is 19.0 Å². The first-order valence-electron chi connectivity index (χ1n) is 7.80. The summed E-state index contributed by atoms with van der Waals surface area (Å²) in [5, 5.41) is 0.571. The van der Waals surface area contributed by atoms with Gasteiger partial charge in [0.2, 0.25) is 5.13 Å². The number of ether oxygens (including phenoxy) is 3. The highest BCUT2D eigenvalue weighted by Gasteiger charge is 2.13. The van der Waals surface area contributed by atoms with E-state index in [-0.39, 0.29) is 5.91 Å². The highest BCUT2D eigenvalue weighted by Crippen LogP contribution is 2.34. The molecule has 0 unspecified atom stereocenters. The Morgan fingerprint density at radius 3 is 2.38 bits per heavy atom. The van der Waals surface area contributed by atoms with Gasteiger partial charge >= 0.3 is 0 Å². The number of benzene rings is 2. The summed E-state index contributed by atoms with van der Waals surface area (Å²) in [5.74, 6) is 1.43. The van der Waals surface area contributed by atoms with Crippen molar-refractivity contribution in [3.8, 4) is 17.2 Å². The van der Waals surface area contributed by atoms with Gasteiger partial charge in [0.1, 0.15) is 11.3 Å². The van der Waals surface area contributed by atoms with Crippen molar-refractivity contribution in [2.45, 2.75) is 6.92 Å². The number of nitrogens with one attached hydrogen (secondary N) is 2. The summed E-state index contributed by atoms with van der Waals surface area (Å²) in [7, 11) is 4.67. The summed E-state index contributed by atoms with van der Waals surface area (Å²) in [5.41, 5.74) is 7.80. The molecule has 3 aromatic rings. The Bertz CT molecular complexity index is 955. The van der Waals surface area contributed by atoms with Crippen LogP contribution < -0.4 is 25.1 Å². The predicted octanol–water partition coefficient (Wildman–Crippen LogP) is 3.39. The number of carbonyl (C=O) groups excluding carboxylic acids is 1. The fraction of sp³-hybridized carbons (Fsp3) is 0.222. The van der Waals surface area contributed by atoms with Crippen LogP contribution in [0.3, 0.4) is 0 Å². The lowest BCUT2D eigenvalue weighted by Crippen LogP contribution is -2.29. The number of methoxy groups -OCH3 is 3. The van der Waals surface area contributed by atoms with Gasteiger partial charge in [-0.3, -0.25) is 15.6 Å². The molecule has 2 N–H and O–H groups in total. The van der Waals surface area contributed by atoms with Crippen LogP contribution in [0.4, 0.5) is 5.13 Å². The molecule has 0 aliphatic carbocycles. The summed E-state index contributed by atoms with van der Waals surface area (Å²) in [6.45, 7) is 2.01. The van der Waals surface area contributed by atoms with Gasteiger partial charge in [-0.05, 0) is 36.8 Å². The number of rotatable bonds is 6. The summed E-state index contributed by atoms with van der Waals surface area (Å²) < 4.78 is 16.7. The van der Waals surface area contributed by atoms with Crippen molar-refractivity contribution in [1.29, 1.82) is 0 Å². The molecule has 136 valence electrons. The maximum Gasteiger partial charge on any atom is 0.269 e. The van der Waals surface area contributed by atoms with Gasteiger partial charge in [-0.1, -0.05) is 17.4 Å². The van der Waals surface area contributed by atoms with Crippen LogP contribution in [0.15, 0.2) is 30.3 Å². The van der Waals surface area contributed by atoms with Gasteiger partial charge in [0.05, 0.1) is 26.0 Å². The molecule has 3 rings (SSSR count). The van der Waals surface area contributed by atoms with Gasteiger partial charge in [0, 0.05) is 5.56 Å². The van der Waals surface area contributed by atoms with Gasteiger partial charge < -0.3 is 14.2 Å². The normalized spacial score (nSPS) is 10.5. The highest BCUT2D eigenvalue weighted by molar-refractivity contribution is 7.22. The molecule has 0 saturated heterocycles. The number of aromatic nitrogens is 1. The number of thiazole rings is 1. The maximum atomic E-state index is 12.4. The second-order valence-electron chi connectivity index (χ2n) is 5.43. The number of hydrazine groups is 1. The molecule has 0 radical (unpaired) electrons. The molecule has 26 heavy (non-hydrogen) atoms. The van der Waals surface area contributed by atoms with Crippen LogP contribution in [-0.4, -0.2) is 32.2 Å². The molecule has 0 aliphatic rings. The number of fused-ring (bicyclic) bond motifs is 1. The van der Waals surface area contributed by atoms with Crippen LogP contribution in [0.5, 0.6) is 17.2 Å². The maximum absolute atomic E-state index is 12.4. The quantitative estimate of drug-likeness (QED) is 0.645. The van der Waals surface area contributed by atoms with E-state index in [0.29, 0.717) is 27.9 Å². The fourth-order valence-corrected chi connectivity index (χ4v) is 3.39. The molecular weight excluding hydrogens is 354 g/mol. The molecule has 0 fully saturated rings. The Kier molecular flexibility index (Phi) is 5.13. The Labute approximate surface area is 154 Å². The van der Waals surface area contributed by atoms with Crippen molar-refractivity contribution >= 4 is 32.6 Å². The number of hydrogen-bond acceptors (Lipinski definition) is 7.